The lowest BCUT2D eigenvalue weighted by Crippen LogP contribution is -2.46. The topological polar surface area (TPSA) is 74.2 Å². The molecule has 0 amide bonds. The van der Waals surface area contributed by atoms with Gasteiger partial charge < -0.3 is 28.5 Å². The first-order valence-corrected chi connectivity index (χ1v) is 7.82. The molecular formula is C15H32NO6+. The number of rotatable bonds is 16. The van der Waals surface area contributed by atoms with Crippen LogP contribution in [0.5, 0.6) is 0 Å². The van der Waals surface area contributed by atoms with Crippen molar-refractivity contribution in [3.05, 3.63) is 0 Å². The maximum Gasteiger partial charge on any atom is 0.359 e. The standard InChI is InChI=1S/C15H31NO6/c1-4-6-19-8-10-21-12-13-22-11-9-20-7-5-16(2,3)14-15(17)18/h4-14H2,1-3H3/p+1. The molecule has 0 aromatic carbocycles. The highest BCUT2D eigenvalue weighted by Gasteiger charge is 2.18. The van der Waals surface area contributed by atoms with Crippen LogP contribution in [0.25, 0.3) is 0 Å². The van der Waals surface area contributed by atoms with Crippen molar-refractivity contribution in [1.29, 1.82) is 0 Å². The average molecular weight is 322 g/mol. The van der Waals surface area contributed by atoms with Crippen molar-refractivity contribution in [2.45, 2.75) is 13.3 Å². The number of aliphatic carboxylic acids is 1. The molecule has 0 atom stereocenters. The van der Waals surface area contributed by atoms with E-state index < -0.39 is 5.97 Å². The van der Waals surface area contributed by atoms with E-state index in [0.29, 0.717) is 57.3 Å². The number of carboxylic acid groups (broad SMARTS) is 1. The van der Waals surface area contributed by atoms with Crippen molar-refractivity contribution in [2.24, 2.45) is 0 Å². The number of hydrogen-bond donors (Lipinski definition) is 1. The average Bonchev–Trinajstić information content (AvgIpc) is 2.42. The second kappa shape index (κ2) is 13.9. The van der Waals surface area contributed by atoms with E-state index in [9.17, 15) is 4.79 Å². The van der Waals surface area contributed by atoms with Gasteiger partial charge in [-0.2, -0.15) is 0 Å². The molecule has 0 rings (SSSR count). The van der Waals surface area contributed by atoms with Crippen LogP contribution in [0.4, 0.5) is 0 Å². The first-order valence-electron chi connectivity index (χ1n) is 7.82. The summed E-state index contributed by atoms with van der Waals surface area (Å²) < 4.78 is 21.8. The van der Waals surface area contributed by atoms with Crippen molar-refractivity contribution < 1.29 is 33.3 Å². The van der Waals surface area contributed by atoms with Crippen molar-refractivity contribution in [2.75, 3.05) is 80.0 Å². The molecule has 0 radical (unpaired) electrons. The number of hydrogen-bond acceptors (Lipinski definition) is 5. The monoisotopic (exact) mass is 322 g/mol. The van der Waals surface area contributed by atoms with E-state index in [0.717, 1.165) is 13.0 Å². The Morgan fingerprint density at radius 3 is 1.64 bits per heavy atom. The van der Waals surface area contributed by atoms with E-state index >= 15 is 0 Å². The molecule has 0 heterocycles. The van der Waals surface area contributed by atoms with Gasteiger partial charge in [0.25, 0.3) is 0 Å². The minimum absolute atomic E-state index is 0.0964. The Balaban J connectivity index is 3.22. The molecule has 1 N–H and O–H groups in total. The molecule has 0 saturated heterocycles. The number of carboxylic acids is 1. The number of quaternary nitrogens is 1. The van der Waals surface area contributed by atoms with Crippen LogP contribution in [0.3, 0.4) is 0 Å². The highest BCUT2D eigenvalue weighted by atomic mass is 16.6. The maximum atomic E-state index is 10.7. The molecule has 0 bridgehead atoms. The highest BCUT2D eigenvalue weighted by Crippen LogP contribution is 1.96. The Bertz CT molecular complexity index is 273. The van der Waals surface area contributed by atoms with E-state index in [1.807, 2.05) is 14.1 Å². The van der Waals surface area contributed by atoms with Crippen LogP contribution in [0.1, 0.15) is 13.3 Å². The largest absolute Gasteiger partial charge is 0.477 e. The number of likely N-dealkylation sites (N-methyl/N-ethyl adjacent to an activating group) is 1. The SMILES string of the molecule is CCCOCCOCCOCCOCC[N+](C)(C)CC(=O)O. The fourth-order valence-electron chi connectivity index (χ4n) is 1.66. The van der Waals surface area contributed by atoms with Gasteiger partial charge in [-0.1, -0.05) is 6.92 Å². The lowest BCUT2D eigenvalue weighted by Gasteiger charge is -2.27. The smallest absolute Gasteiger partial charge is 0.359 e. The van der Waals surface area contributed by atoms with Crippen molar-refractivity contribution >= 4 is 5.97 Å². The van der Waals surface area contributed by atoms with Gasteiger partial charge in [-0.25, -0.2) is 4.79 Å². The van der Waals surface area contributed by atoms with Crippen LogP contribution in [0.15, 0.2) is 0 Å². The molecular weight excluding hydrogens is 290 g/mol. The first kappa shape index (κ1) is 21.3. The fourth-order valence-corrected chi connectivity index (χ4v) is 1.66. The Morgan fingerprint density at radius 2 is 1.23 bits per heavy atom. The summed E-state index contributed by atoms with van der Waals surface area (Å²) in [6.07, 6.45) is 1.02. The summed E-state index contributed by atoms with van der Waals surface area (Å²) in [7, 11) is 3.74. The molecule has 132 valence electrons. The van der Waals surface area contributed by atoms with E-state index in [2.05, 4.69) is 6.92 Å². The normalized spacial score (nSPS) is 11.8. The molecule has 7 heteroatoms. The first-order chi connectivity index (χ1) is 10.5. The van der Waals surface area contributed by atoms with Crippen LogP contribution in [0, 0.1) is 0 Å². The highest BCUT2D eigenvalue weighted by molar-refractivity contribution is 5.67. The van der Waals surface area contributed by atoms with Crippen molar-refractivity contribution in [3.8, 4) is 0 Å². The van der Waals surface area contributed by atoms with Gasteiger partial charge >= 0.3 is 5.97 Å². The van der Waals surface area contributed by atoms with E-state index in [-0.39, 0.29) is 6.54 Å². The van der Waals surface area contributed by atoms with Gasteiger partial charge in [-0.3, -0.25) is 0 Å². The van der Waals surface area contributed by atoms with Crippen molar-refractivity contribution in [3.63, 3.8) is 0 Å². The molecule has 0 aromatic heterocycles. The maximum absolute atomic E-state index is 10.7. The zero-order chi connectivity index (χ0) is 16.7. The lowest BCUT2D eigenvalue weighted by atomic mass is 10.4. The van der Waals surface area contributed by atoms with Crippen LogP contribution >= 0.6 is 0 Å². The summed E-state index contributed by atoms with van der Waals surface area (Å²) in [5.41, 5.74) is 0. The van der Waals surface area contributed by atoms with E-state index in [1.54, 1.807) is 0 Å². The second-order valence-corrected chi connectivity index (χ2v) is 5.66. The third-order valence-electron chi connectivity index (χ3n) is 2.87. The summed E-state index contributed by atoms with van der Waals surface area (Å²) in [5.74, 6) is -0.798. The molecule has 0 unspecified atom stereocenters. The predicted octanol–water partition coefficient (Wildman–Crippen LogP) is 0.624. The molecule has 22 heavy (non-hydrogen) atoms. The van der Waals surface area contributed by atoms with Crippen LogP contribution in [0.2, 0.25) is 0 Å². The van der Waals surface area contributed by atoms with Gasteiger partial charge in [-0.15, -0.1) is 0 Å². The van der Waals surface area contributed by atoms with Gasteiger partial charge in [0.2, 0.25) is 0 Å². The second-order valence-electron chi connectivity index (χ2n) is 5.66. The summed E-state index contributed by atoms with van der Waals surface area (Å²) >= 11 is 0. The van der Waals surface area contributed by atoms with E-state index in [1.165, 1.54) is 0 Å². The third-order valence-corrected chi connectivity index (χ3v) is 2.87. The number of carbonyl (C=O) groups is 1. The van der Waals surface area contributed by atoms with Crippen LogP contribution in [-0.2, 0) is 23.7 Å². The quantitative estimate of drug-likeness (QED) is 0.332. The zero-order valence-electron chi connectivity index (χ0n) is 14.2. The van der Waals surface area contributed by atoms with Gasteiger partial charge in [0.05, 0.1) is 60.3 Å². The Labute approximate surface area is 133 Å². The lowest BCUT2D eigenvalue weighted by molar-refractivity contribution is -0.883. The van der Waals surface area contributed by atoms with Gasteiger partial charge in [0.15, 0.2) is 6.54 Å². The molecule has 7 nitrogen and oxygen atoms in total. The number of ether oxygens (including phenoxy) is 4. The molecule has 0 saturated carbocycles. The Morgan fingerprint density at radius 1 is 0.818 bits per heavy atom. The van der Waals surface area contributed by atoms with Gasteiger partial charge in [0, 0.05) is 6.61 Å². The minimum atomic E-state index is -0.798. The summed E-state index contributed by atoms with van der Waals surface area (Å²) in [6.45, 7) is 7.46. The molecule has 0 spiro atoms. The minimum Gasteiger partial charge on any atom is -0.477 e. The molecule has 0 aliphatic rings. The Hall–Kier alpha value is -0.730. The summed E-state index contributed by atoms with van der Waals surface area (Å²) in [4.78, 5) is 10.7. The van der Waals surface area contributed by atoms with Gasteiger partial charge in [0.1, 0.15) is 6.54 Å². The Kier molecular flexibility index (Phi) is 13.4. The summed E-state index contributed by atoms with van der Waals surface area (Å²) in [6, 6.07) is 0. The van der Waals surface area contributed by atoms with E-state index in [4.69, 9.17) is 24.1 Å². The third kappa shape index (κ3) is 15.7. The molecule has 0 aliphatic heterocycles. The summed E-state index contributed by atoms with van der Waals surface area (Å²) in [5, 5.41) is 8.76. The zero-order valence-corrected chi connectivity index (χ0v) is 14.2. The molecule has 0 aliphatic carbocycles. The van der Waals surface area contributed by atoms with Crippen LogP contribution in [-0.4, -0.2) is 95.6 Å². The van der Waals surface area contributed by atoms with Gasteiger partial charge in [-0.05, 0) is 6.42 Å². The fraction of sp³-hybridized carbons (Fsp3) is 0.933. The molecule has 0 fully saturated rings. The predicted molar refractivity (Wildman–Crippen MR) is 83.0 cm³/mol. The van der Waals surface area contributed by atoms with Crippen LogP contribution < -0.4 is 0 Å². The number of nitrogens with zero attached hydrogens (tertiary/aromatic N) is 1. The van der Waals surface area contributed by atoms with Crippen molar-refractivity contribution in [1.82, 2.24) is 0 Å². The molecule has 0 aromatic rings.